The Labute approximate surface area is 107 Å². The van der Waals surface area contributed by atoms with E-state index in [4.69, 9.17) is 10.5 Å². The van der Waals surface area contributed by atoms with Crippen molar-refractivity contribution in [2.45, 2.75) is 32.3 Å². The highest BCUT2D eigenvalue weighted by molar-refractivity contribution is 7.12. The number of thiophene rings is 1. The van der Waals surface area contributed by atoms with Gasteiger partial charge in [0.15, 0.2) is 0 Å². The Morgan fingerprint density at radius 1 is 1.41 bits per heavy atom. The van der Waals surface area contributed by atoms with Gasteiger partial charge in [0, 0.05) is 11.5 Å². The maximum Gasteiger partial charge on any atom is 0.0809 e. The summed E-state index contributed by atoms with van der Waals surface area (Å²) in [5.41, 5.74) is 5.33. The van der Waals surface area contributed by atoms with E-state index in [1.54, 1.807) is 11.3 Å². The van der Waals surface area contributed by atoms with Crippen molar-refractivity contribution in [1.29, 1.82) is 0 Å². The van der Waals surface area contributed by atoms with Crippen molar-refractivity contribution in [3.05, 3.63) is 21.9 Å². The molecule has 0 amide bonds. The number of ether oxygens (including phenoxy) is 1. The van der Waals surface area contributed by atoms with Crippen LogP contribution in [0.4, 0.5) is 0 Å². The summed E-state index contributed by atoms with van der Waals surface area (Å²) in [6.45, 7) is 2.04. The van der Waals surface area contributed by atoms with Gasteiger partial charge in [-0.1, -0.05) is 31.1 Å². The van der Waals surface area contributed by atoms with Gasteiger partial charge < -0.3 is 10.5 Å². The van der Waals surface area contributed by atoms with Crippen LogP contribution in [0, 0.1) is 17.8 Å². The molecule has 1 aliphatic carbocycles. The van der Waals surface area contributed by atoms with E-state index in [0.717, 1.165) is 24.0 Å². The van der Waals surface area contributed by atoms with Gasteiger partial charge in [0.25, 0.3) is 0 Å². The molecule has 1 saturated carbocycles. The van der Waals surface area contributed by atoms with Crippen molar-refractivity contribution >= 4 is 11.3 Å². The predicted octanol–water partition coefficient (Wildman–Crippen LogP) is 2.77. The number of nitrogens with two attached hydrogens (primary N) is 1. The summed E-state index contributed by atoms with van der Waals surface area (Å²) in [7, 11) is 0. The molecule has 0 unspecified atom stereocenters. The lowest BCUT2D eigenvalue weighted by Gasteiger charge is -2.24. The highest BCUT2D eigenvalue weighted by Crippen LogP contribution is 2.29. The summed E-state index contributed by atoms with van der Waals surface area (Å²) in [5, 5.41) is 0. The van der Waals surface area contributed by atoms with Gasteiger partial charge in [-0.15, -0.1) is 11.3 Å². The minimum Gasteiger partial charge on any atom is -0.376 e. The fourth-order valence-corrected chi connectivity index (χ4v) is 2.69. The molecule has 1 aromatic heterocycles. The highest BCUT2D eigenvalue weighted by atomic mass is 32.1. The van der Waals surface area contributed by atoms with Gasteiger partial charge in [0.1, 0.15) is 0 Å². The first-order valence-electron chi connectivity index (χ1n) is 6.24. The monoisotopic (exact) mass is 249 g/mol. The molecule has 1 aromatic rings. The average Bonchev–Trinajstić information content (AvgIpc) is 2.71. The molecule has 2 nitrogen and oxygen atoms in total. The zero-order valence-electron chi connectivity index (χ0n) is 10.1. The summed E-state index contributed by atoms with van der Waals surface area (Å²) in [6.07, 6.45) is 5.45. The second kappa shape index (κ2) is 6.80. The standard InChI is InChI=1S/C14H19NOS/c15-9-2-5-13-6-7-14(17-13)11-16-10-8-12-3-1-4-12/h6-7,12H,1,3-4,8-11,15H2. The fourth-order valence-electron chi connectivity index (χ4n) is 1.87. The smallest absolute Gasteiger partial charge is 0.0809 e. The Balaban J connectivity index is 1.65. The lowest BCUT2D eigenvalue weighted by Crippen LogP contribution is -2.13. The first kappa shape index (κ1) is 12.6. The van der Waals surface area contributed by atoms with Gasteiger partial charge >= 0.3 is 0 Å². The molecule has 17 heavy (non-hydrogen) atoms. The highest BCUT2D eigenvalue weighted by Gasteiger charge is 2.16. The fraction of sp³-hybridized carbons (Fsp3) is 0.571. The van der Waals surface area contributed by atoms with Crippen LogP contribution in [0.5, 0.6) is 0 Å². The van der Waals surface area contributed by atoms with Crippen LogP contribution in [0.3, 0.4) is 0 Å². The zero-order chi connectivity index (χ0) is 11.9. The second-order valence-electron chi connectivity index (χ2n) is 4.41. The van der Waals surface area contributed by atoms with Crippen LogP contribution in [-0.2, 0) is 11.3 Å². The van der Waals surface area contributed by atoms with Gasteiger partial charge in [-0.2, -0.15) is 0 Å². The maximum absolute atomic E-state index is 5.68. The summed E-state index contributed by atoms with van der Waals surface area (Å²) < 4.78 is 5.68. The van der Waals surface area contributed by atoms with Crippen molar-refractivity contribution in [2.24, 2.45) is 11.7 Å². The molecule has 0 radical (unpaired) electrons. The van der Waals surface area contributed by atoms with Crippen LogP contribution in [0.15, 0.2) is 12.1 Å². The van der Waals surface area contributed by atoms with E-state index in [1.165, 1.54) is 30.6 Å². The molecular formula is C14H19NOS. The van der Waals surface area contributed by atoms with Gasteiger partial charge in [0.05, 0.1) is 18.0 Å². The second-order valence-corrected chi connectivity index (χ2v) is 5.58. The Kier molecular flexibility index (Phi) is 5.06. The van der Waals surface area contributed by atoms with E-state index >= 15 is 0 Å². The van der Waals surface area contributed by atoms with Gasteiger partial charge in [-0.25, -0.2) is 0 Å². The van der Waals surface area contributed by atoms with E-state index in [9.17, 15) is 0 Å². The van der Waals surface area contributed by atoms with Gasteiger partial charge in [-0.05, 0) is 24.5 Å². The molecule has 0 atom stereocenters. The van der Waals surface area contributed by atoms with Crippen LogP contribution in [-0.4, -0.2) is 13.2 Å². The minimum absolute atomic E-state index is 0.422. The molecule has 2 N–H and O–H groups in total. The molecule has 1 heterocycles. The van der Waals surface area contributed by atoms with E-state index in [1.807, 2.05) is 6.07 Å². The van der Waals surface area contributed by atoms with Crippen LogP contribution >= 0.6 is 11.3 Å². The molecule has 0 spiro atoms. The van der Waals surface area contributed by atoms with Gasteiger partial charge in [-0.3, -0.25) is 0 Å². The normalized spacial score (nSPS) is 15.1. The van der Waals surface area contributed by atoms with Crippen LogP contribution in [0.2, 0.25) is 0 Å². The van der Waals surface area contributed by atoms with E-state index in [2.05, 4.69) is 17.9 Å². The average molecular weight is 249 g/mol. The zero-order valence-corrected chi connectivity index (χ0v) is 10.9. The molecule has 92 valence electrons. The largest absolute Gasteiger partial charge is 0.376 e. The SMILES string of the molecule is NCC#Cc1ccc(COCCC2CCC2)s1. The van der Waals surface area contributed by atoms with Crippen LogP contribution in [0.25, 0.3) is 0 Å². The summed E-state index contributed by atoms with van der Waals surface area (Å²) in [6, 6.07) is 4.13. The topological polar surface area (TPSA) is 35.2 Å². The minimum atomic E-state index is 0.422. The molecule has 3 heteroatoms. The van der Waals surface area contributed by atoms with Crippen molar-refractivity contribution in [1.82, 2.24) is 0 Å². The lowest BCUT2D eigenvalue weighted by molar-refractivity contribution is 0.0966. The third-order valence-corrected chi connectivity index (χ3v) is 4.09. The summed E-state index contributed by atoms with van der Waals surface area (Å²) in [4.78, 5) is 2.33. The molecule has 0 aliphatic heterocycles. The molecule has 0 aromatic carbocycles. The Bertz CT molecular complexity index is 398. The molecular weight excluding hydrogens is 230 g/mol. The van der Waals surface area contributed by atoms with E-state index in [-0.39, 0.29) is 0 Å². The first-order chi connectivity index (χ1) is 8.38. The molecule has 0 saturated heterocycles. The van der Waals surface area contributed by atoms with Crippen molar-refractivity contribution < 1.29 is 4.74 Å². The lowest BCUT2D eigenvalue weighted by atomic mass is 9.83. The van der Waals surface area contributed by atoms with Crippen LogP contribution in [0.1, 0.15) is 35.4 Å². The molecule has 2 rings (SSSR count). The van der Waals surface area contributed by atoms with E-state index < -0.39 is 0 Å². The Hall–Kier alpha value is -0.820. The van der Waals surface area contributed by atoms with Crippen LogP contribution < -0.4 is 5.73 Å². The Morgan fingerprint density at radius 3 is 3.00 bits per heavy atom. The van der Waals surface area contributed by atoms with Crippen molar-refractivity contribution in [2.75, 3.05) is 13.2 Å². The molecule has 1 fully saturated rings. The number of hydrogen-bond acceptors (Lipinski definition) is 3. The van der Waals surface area contributed by atoms with Crippen molar-refractivity contribution in [3.8, 4) is 11.8 Å². The molecule has 0 bridgehead atoms. The third kappa shape index (κ3) is 4.16. The number of rotatable bonds is 5. The summed E-state index contributed by atoms with van der Waals surface area (Å²) >= 11 is 1.70. The Morgan fingerprint density at radius 2 is 2.29 bits per heavy atom. The van der Waals surface area contributed by atoms with Crippen molar-refractivity contribution in [3.63, 3.8) is 0 Å². The quantitative estimate of drug-likeness (QED) is 0.643. The maximum atomic E-state index is 5.68. The summed E-state index contributed by atoms with van der Waals surface area (Å²) in [5.74, 6) is 6.84. The van der Waals surface area contributed by atoms with E-state index in [0.29, 0.717) is 6.54 Å². The molecule has 1 aliphatic rings. The first-order valence-corrected chi connectivity index (χ1v) is 7.05. The predicted molar refractivity (Wildman–Crippen MR) is 71.9 cm³/mol. The van der Waals surface area contributed by atoms with Gasteiger partial charge in [0.2, 0.25) is 0 Å². The third-order valence-electron chi connectivity index (χ3n) is 3.11. The number of hydrogen-bond donors (Lipinski definition) is 1.